The lowest BCUT2D eigenvalue weighted by Gasteiger charge is -2.24. The lowest BCUT2D eigenvalue weighted by Crippen LogP contribution is -2.41. The van der Waals surface area contributed by atoms with Crippen molar-refractivity contribution in [3.8, 4) is 0 Å². The molecule has 0 fully saturated rings. The van der Waals surface area contributed by atoms with Gasteiger partial charge in [0, 0.05) is 23.7 Å². The Hall–Kier alpha value is -2.68. The van der Waals surface area contributed by atoms with Crippen LogP contribution in [0.25, 0.3) is 0 Å². The number of aromatic nitrogens is 2. The first-order chi connectivity index (χ1) is 13.4. The van der Waals surface area contributed by atoms with Gasteiger partial charge in [0.05, 0.1) is 6.54 Å². The van der Waals surface area contributed by atoms with Gasteiger partial charge in [-0.2, -0.15) is 0 Å². The van der Waals surface area contributed by atoms with Crippen LogP contribution in [0.2, 0.25) is 0 Å². The number of rotatable bonds is 9. The van der Waals surface area contributed by atoms with E-state index in [-0.39, 0.29) is 24.0 Å². The van der Waals surface area contributed by atoms with Crippen molar-refractivity contribution >= 4 is 34.9 Å². The van der Waals surface area contributed by atoms with E-state index in [0.29, 0.717) is 18.8 Å². The van der Waals surface area contributed by atoms with Gasteiger partial charge in [0.25, 0.3) is 5.56 Å². The molecule has 0 aliphatic heterocycles. The zero-order valence-corrected chi connectivity index (χ0v) is 17.3. The molecule has 1 aromatic carbocycles. The van der Waals surface area contributed by atoms with Crippen molar-refractivity contribution in [2.75, 3.05) is 35.3 Å². The maximum absolute atomic E-state index is 12.5. The number of unbranched alkanes of at least 4 members (excludes halogenated alkanes) is 1. The minimum absolute atomic E-state index is 0.0555. The van der Waals surface area contributed by atoms with E-state index in [1.54, 1.807) is 16.7 Å². The van der Waals surface area contributed by atoms with Gasteiger partial charge in [-0.1, -0.05) is 13.3 Å². The molecule has 0 bridgehead atoms. The van der Waals surface area contributed by atoms with E-state index in [1.807, 2.05) is 44.4 Å². The Balaban J connectivity index is 2.23. The number of likely N-dealkylation sites (N-methyl/N-ethyl adjacent to an activating group) is 1. The third-order valence-electron chi connectivity index (χ3n) is 4.36. The van der Waals surface area contributed by atoms with E-state index < -0.39 is 11.2 Å². The summed E-state index contributed by atoms with van der Waals surface area (Å²) in [4.78, 5) is 41.9. The highest BCUT2D eigenvalue weighted by Gasteiger charge is 2.20. The number of aromatic amines is 1. The molecule has 4 N–H and O–H groups in total. The molecule has 0 atom stereocenters. The van der Waals surface area contributed by atoms with Gasteiger partial charge in [-0.3, -0.25) is 19.1 Å². The van der Waals surface area contributed by atoms with Crippen LogP contribution >= 0.6 is 11.8 Å². The zero-order valence-electron chi connectivity index (χ0n) is 16.4. The van der Waals surface area contributed by atoms with E-state index >= 15 is 0 Å². The fraction of sp³-hybridized carbons (Fsp3) is 0.421. The molecule has 2 rings (SSSR count). The third kappa shape index (κ3) is 5.19. The number of benzene rings is 1. The van der Waals surface area contributed by atoms with E-state index in [2.05, 4.69) is 10.3 Å². The topological polar surface area (TPSA) is 113 Å². The van der Waals surface area contributed by atoms with Crippen LogP contribution in [0.3, 0.4) is 0 Å². The molecule has 0 saturated heterocycles. The van der Waals surface area contributed by atoms with E-state index in [9.17, 15) is 14.4 Å². The first-order valence-electron chi connectivity index (χ1n) is 9.22. The molecule has 0 spiro atoms. The van der Waals surface area contributed by atoms with Crippen LogP contribution in [0.5, 0.6) is 0 Å². The molecule has 1 heterocycles. The number of nitrogens with one attached hydrogen (secondary N) is 2. The summed E-state index contributed by atoms with van der Waals surface area (Å²) >= 11 is 1.62. The number of nitrogens with two attached hydrogens (primary N) is 1. The second kappa shape index (κ2) is 10.0. The number of amides is 1. The number of hydrogen-bond donors (Lipinski definition) is 3. The van der Waals surface area contributed by atoms with Crippen molar-refractivity contribution in [3.63, 3.8) is 0 Å². The van der Waals surface area contributed by atoms with Gasteiger partial charge >= 0.3 is 5.69 Å². The van der Waals surface area contributed by atoms with Crippen LogP contribution in [0.1, 0.15) is 26.7 Å². The number of anilines is 3. The summed E-state index contributed by atoms with van der Waals surface area (Å²) in [5.41, 5.74) is 5.83. The summed E-state index contributed by atoms with van der Waals surface area (Å²) in [6.07, 6.45) is 3.62. The zero-order chi connectivity index (χ0) is 20.7. The molecule has 0 aliphatic rings. The monoisotopic (exact) mass is 405 g/mol. The van der Waals surface area contributed by atoms with Gasteiger partial charge in [-0.05, 0) is 43.9 Å². The number of nitrogens with zero attached hydrogens (tertiary/aromatic N) is 2. The third-order valence-corrected chi connectivity index (χ3v) is 5.10. The molecule has 2 aromatic rings. The smallest absolute Gasteiger partial charge is 0.330 e. The maximum Gasteiger partial charge on any atom is 0.330 e. The van der Waals surface area contributed by atoms with Crippen LogP contribution in [-0.2, 0) is 11.3 Å². The largest absolute Gasteiger partial charge is 0.383 e. The lowest BCUT2D eigenvalue weighted by atomic mass is 10.3. The van der Waals surface area contributed by atoms with Crippen molar-refractivity contribution in [1.29, 1.82) is 0 Å². The van der Waals surface area contributed by atoms with Crippen LogP contribution in [-0.4, -0.2) is 34.8 Å². The average molecular weight is 406 g/mol. The molecule has 1 aromatic heterocycles. The van der Waals surface area contributed by atoms with Crippen molar-refractivity contribution in [3.05, 3.63) is 45.1 Å². The lowest BCUT2D eigenvalue weighted by molar-refractivity contribution is -0.115. The first-order valence-corrected chi connectivity index (χ1v) is 10.4. The SMILES string of the molecule is CCCCn1c(N)c(N(CC)CC(=O)Nc2ccc(SC)cc2)c(=O)[nH]c1=O. The van der Waals surface area contributed by atoms with Gasteiger partial charge in [-0.15, -0.1) is 11.8 Å². The van der Waals surface area contributed by atoms with E-state index in [1.165, 1.54) is 4.57 Å². The average Bonchev–Trinajstić information content (AvgIpc) is 2.67. The molecule has 0 saturated carbocycles. The highest BCUT2D eigenvalue weighted by Crippen LogP contribution is 2.19. The first kappa shape index (κ1) is 21.6. The molecular formula is C19H27N5O3S. The minimum Gasteiger partial charge on any atom is -0.383 e. The number of thioether (sulfide) groups is 1. The number of H-pyrrole nitrogens is 1. The molecule has 0 aliphatic carbocycles. The molecular weight excluding hydrogens is 378 g/mol. The Morgan fingerprint density at radius 3 is 2.50 bits per heavy atom. The molecule has 8 nitrogen and oxygen atoms in total. The standard InChI is InChI=1S/C19H27N5O3S/c1-4-6-11-24-17(20)16(18(26)22-19(24)27)23(5-2)12-15(25)21-13-7-9-14(28-3)10-8-13/h7-10H,4-6,11-12,20H2,1-3H3,(H,21,25)(H,22,26,27). The second-order valence-electron chi connectivity index (χ2n) is 6.29. The highest BCUT2D eigenvalue weighted by molar-refractivity contribution is 7.98. The quantitative estimate of drug-likeness (QED) is 0.551. The Morgan fingerprint density at radius 2 is 1.93 bits per heavy atom. The fourth-order valence-corrected chi connectivity index (χ4v) is 3.23. The van der Waals surface area contributed by atoms with Crippen LogP contribution in [0.15, 0.2) is 38.8 Å². The summed E-state index contributed by atoms with van der Waals surface area (Å²) in [6, 6.07) is 7.49. The summed E-state index contributed by atoms with van der Waals surface area (Å²) < 4.78 is 1.35. The normalized spacial score (nSPS) is 10.7. The number of hydrogen-bond acceptors (Lipinski definition) is 6. The van der Waals surface area contributed by atoms with E-state index in [0.717, 1.165) is 17.7 Å². The maximum atomic E-state index is 12.5. The summed E-state index contributed by atoms with van der Waals surface area (Å²) in [5.74, 6) is -0.190. The van der Waals surface area contributed by atoms with Gasteiger partial charge in [-0.25, -0.2) is 4.79 Å². The molecule has 152 valence electrons. The van der Waals surface area contributed by atoms with Gasteiger partial charge < -0.3 is 16.0 Å². The van der Waals surface area contributed by atoms with Crippen molar-refractivity contribution in [1.82, 2.24) is 9.55 Å². The minimum atomic E-state index is -0.589. The Morgan fingerprint density at radius 1 is 1.25 bits per heavy atom. The van der Waals surface area contributed by atoms with Gasteiger partial charge in [0.1, 0.15) is 11.5 Å². The second-order valence-corrected chi connectivity index (χ2v) is 7.17. The number of carbonyl (C=O) groups is 1. The van der Waals surface area contributed by atoms with Crippen molar-refractivity contribution in [2.45, 2.75) is 38.1 Å². The Bertz CT molecular complexity index is 921. The summed E-state index contributed by atoms with van der Waals surface area (Å²) in [6.45, 7) is 4.57. The predicted octanol–water partition coefficient (Wildman–Crippen LogP) is 2.11. The van der Waals surface area contributed by atoms with Crippen molar-refractivity contribution in [2.24, 2.45) is 0 Å². The fourth-order valence-electron chi connectivity index (χ4n) is 2.82. The van der Waals surface area contributed by atoms with Crippen LogP contribution < -0.4 is 27.2 Å². The van der Waals surface area contributed by atoms with Gasteiger partial charge in [0.15, 0.2) is 0 Å². The molecule has 1 amide bonds. The van der Waals surface area contributed by atoms with Gasteiger partial charge in [0.2, 0.25) is 5.91 Å². The summed E-state index contributed by atoms with van der Waals surface area (Å²) in [7, 11) is 0. The number of nitrogen functional groups attached to an aromatic ring is 1. The van der Waals surface area contributed by atoms with Crippen LogP contribution in [0.4, 0.5) is 17.2 Å². The Kier molecular flexibility index (Phi) is 7.74. The number of carbonyl (C=O) groups excluding carboxylic acids is 1. The summed E-state index contributed by atoms with van der Waals surface area (Å²) in [5, 5.41) is 2.82. The Labute approximate surface area is 168 Å². The molecule has 0 unspecified atom stereocenters. The van der Waals surface area contributed by atoms with Crippen molar-refractivity contribution < 1.29 is 4.79 Å². The van der Waals surface area contributed by atoms with Crippen LogP contribution in [0, 0.1) is 0 Å². The highest BCUT2D eigenvalue weighted by atomic mass is 32.2. The predicted molar refractivity (Wildman–Crippen MR) is 115 cm³/mol. The molecule has 28 heavy (non-hydrogen) atoms. The molecule has 9 heteroatoms. The van der Waals surface area contributed by atoms with E-state index in [4.69, 9.17) is 5.73 Å². The molecule has 0 radical (unpaired) electrons.